The molecule has 242 valence electrons. The highest BCUT2D eigenvalue weighted by molar-refractivity contribution is 7.19. The SMILES string of the molecule is C=C/C=C\c1c(C)c(C(=C)/C=C(\C=C2\C=CC=CC2)c2ccccc2)c2ccccc2c1-c1c(O)c(O)c(O)c2sc(C)c(/C=C\C=C)c12. The lowest BCUT2D eigenvalue weighted by Crippen LogP contribution is -1.99. The Labute approximate surface area is 291 Å². The summed E-state index contributed by atoms with van der Waals surface area (Å²) in [5.74, 6) is -1.27. The van der Waals surface area contributed by atoms with Crippen LogP contribution in [-0.4, -0.2) is 15.3 Å². The molecule has 0 aliphatic heterocycles. The van der Waals surface area contributed by atoms with E-state index in [2.05, 4.69) is 81.3 Å². The number of phenols is 3. The molecule has 1 heterocycles. The summed E-state index contributed by atoms with van der Waals surface area (Å²) in [7, 11) is 0. The predicted molar refractivity (Wildman–Crippen MR) is 212 cm³/mol. The minimum absolute atomic E-state index is 0.340. The molecule has 0 unspecified atom stereocenters. The summed E-state index contributed by atoms with van der Waals surface area (Å²) in [6.07, 6.45) is 24.6. The molecule has 1 aromatic heterocycles. The fourth-order valence-electron chi connectivity index (χ4n) is 6.62. The van der Waals surface area contributed by atoms with Crippen molar-refractivity contribution in [2.75, 3.05) is 0 Å². The topological polar surface area (TPSA) is 60.7 Å². The third-order valence-corrected chi connectivity index (χ3v) is 9.98. The van der Waals surface area contributed by atoms with E-state index >= 15 is 0 Å². The average molecular weight is 659 g/mol. The van der Waals surface area contributed by atoms with Gasteiger partial charge >= 0.3 is 0 Å². The van der Waals surface area contributed by atoms with Crippen molar-refractivity contribution in [2.24, 2.45) is 0 Å². The molecular weight excluding hydrogens is 621 g/mol. The Hall–Kier alpha value is -5.84. The Bertz CT molecular complexity index is 2340. The number of rotatable bonds is 9. The first kappa shape index (κ1) is 33.1. The highest BCUT2D eigenvalue weighted by Crippen LogP contribution is 2.56. The average Bonchev–Trinajstić information content (AvgIpc) is 3.45. The number of fused-ring (bicyclic) bond motifs is 2. The number of aromatic hydroxyl groups is 3. The largest absolute Gasteiger partial charge is 0.504 e. The maximum atomic E-state index is 11.7. The van der Waals surface area contributed by atoms with Crippen LogP contribution in [0.15, 0.2) is 141 Å². The number of hydrogen-bond acceptors (Lipinski definition) is 4. The summed E-state index contributed by atoms with van der Waals surface area (Å²) in [4.78, 5) is 0.930. The smallest absolute Gasteiger partial charge is 0.202 e. The molecule has 3 nitrogen and oxygen atoms in total. The summed E-state index contributed by atoms with van der Waals surface area (Å²) in [6, 6.07) is 18.4. The molecule has 4 heteroatoms. The molecule has 1 aliphatic carbocycles. The molecule has 3 N–H and O–H groups in total. The van der Waals surface area contributed by atoms with Crippen LogP contribution in [0.1, 0.15) is 39.1 Å². The summed E-state index contributed by atoms with van der Waals surface area (Å²) >= 11 is 1.37. The zero-order valence-electron chi connectivity index (χ0n) is 27.7. The molecule has 0 radical (unpaired) electrons. The van der Waals surface area contributed by atoms with Crippen molar-refractivity contribution in [2.45, 2.75) is 20.3 Å². The number of hydrogen-bond donors (Lipinski definition) is 3. The van der Waals surface area contributed by atoms with Gasteiger partial charge in [-0.05, 0) is 81.7 Å². The Balaban J connectivity index is 1.71. The van der Waals surface area contributed by atoms with Crippen LogP contribution in [0.2, 0.25) is 0 Å². The second-order valence-corrected chi connectivity index (χ2v) is 13.1. The first-order valence-electron chi connectivity index (χ1n) is 16.1. The van der Waals surface area contributed by atoms with Crippen LogP contribution in [0.4, 0.5) is 0 Å². The molecule has 0 fully saturated rings. The molecule has 0 spiro atoms. The van der Waals surface area contributed by atoms with Gasteiger partial charge < -0.3 is 15.3 Å². The van der Waals surface area contributed by atoms with Crippen molar-refractivity contribution in [1.82, 2.24) is 0 Å². The molecule has 4 aromatic carbocycles. The molecule has 49 heavy (non-hydrogen) atoms. The Morgan fingerprint density at radius 1 is 0.776 bits per heavy atom. The maximum Gasteiger partial charge on any atom is 0.202 e. The molecular formula is C45H38O3S. The van der Waals surface area contributed by atoms with Crippen LogP contribution in [0.3, 0.4) is 0 Å². The fourth-order valence-corrected chi connectivity index (χ4v) is 7.71. The molecule has 0 saturated heterocycles. The van der Waals surface area contributed by atoms with Gasteiger partial charge in [0.1, 0.15) is 0 Å². The summed E-state index contributed by atoms with van der Waals surface area (Å²) in [5, 5.41) is 36.4. The van der Waals surface area contributed by atoms with Crippen molar-refractivity contribution < 1.29 is 15.3 Å². The van der Waals surface area contributed by atoms with Gasteiger partial charge in [0, 0.05) is 21.4 Å². The fraction of sp³-hybridized carbons (Fsp3) is 0.0667. The van der Waals surface area contributed by atoms with Crippen molar-refractivity contribution in [3.63, 3.8) is 0 Å². The Kier molecular flexibility index (Phi) is 9.52. The van der Waals surface area contributed by atoms with Crippen LogP contribution in [0.5, 0.6) is 17.2 Å². The Morgan fingerprint density at radius 3 is 2.12 bits per heavy atom. The van der Waals surface area contributed by atoms with Gasteiger partial charge in [0.2, 0.25) is 5.75 Å². The van der Waals surface area contributed by atoms with Gasteiger partial charge in [0.25, 0.3) is 0 Å². The highest BCUT2D eigenvalue weighted by Gasteiger charge is 2.28. The lowest BCUT2D eigenvalue weighted by Gasteiger charge is -2.22. The normalized spacial score (nSPS) is 14.2. The van der Waals surface area contributed by atoms with E-state index in [0.29, 0.717) is 15.6 Å². The van der Waals surface area contributed by atoms with E-state index in [0.717, 1.165) is 66.6 Å². The maximum absolute atomic E-state index is 11.7. The van der Waals surface area contributed by atoms with Crippen LogP contribution in [0.25, 0.3) is 55.3 Å². The van der Waals surface area contributed by atoms with E-state index < -0.39 is 5.75 Å². The lowest BCUT2D eigenvalue weighted by atomic mass is 9.82. The van der Waals surface area contributed by atoms with Gasteiger partial charge in [-0.2, -0.15) is 0 Å². The van der Waals surface area contributed by atoms with E-state index in [1.54, 1.807) is 12.2 Å². The lowest BCUT2D eigenvalue weighted by molar-refractivity contribution is 0.372. The molecule has 1 aliphatic rings. The number of aryl methyl sites for hydroxylation is 1. The highest BCUT2D eigenvalue weighted by atomic mass is 32.1. The van der Waals surface area contributed by atoms with Gasteiger partial charge in [0.05, 0.1) is 4.70 Å². The van der Waals surface area contributed by atoms with Gasteiger partial charge in [-0.25, -0.2) is 0 Å². The van der Waals surface area contributed by atoms with Crippen LogP contribution in [-0.2, 0) is 0 Å². The van der Waals surface area contributed by atoms with E-state index in [1.165, 1.54) is 16.9 Å². The Morgan fingerprint density at radius 2 is 1.45 bits per heavy atom. The van der Waals surface area contributed by atoms with Gasteiger partial charge in [-0.1, -0.05) is 141 Å². The quantitative estimate of drug-likeness (QED) is 0.109. The third kappa shape index (κ3) is 6.15. The van der Waals surface area contributed by atoms with Crippen molar-refractivity contribution >= 4 is 55.5 Å². The molecule has 0 bridgehead atoms. The number of allylic oxidation sites excluding steroid dienone is 13. The number of benzene rings is 4. The number of phenolic OH excluding ortho intramolecular Hbond substituents is 3. The zero-order chi connectivity index (χ0) is 34.7. The zero-order valence-corrected chi connectivity index (χ0v) is 28.5. The molecule has 0 amide bonds. The monoisotopic (exact) mass is 658 g/mol. The van der Waals surface area contributed by atoms with Crippen LogP contribution >= 0.6 is 11.3 Å². The van der Waals surface area contributed by atoms with Crippen molar-refractivity contribution in [3.05, 3.63) is 173 Å². The predicted octanol–water partition coefficient (Wildman–Crippen LogP) is 12.4. The molecule has 6 rings (SSSR count). The summed E-state index contributed by atoms with van der Waals surface area (Å²) in [6.45, 7) is 16.4. The van der Waals surface area contributed by atoms with Gasteiger partial charge in [-0.3, -0.25) is 0 Å². The van der Waals surface area contributed by atoms with E-state index in [4.69, 9.17) is 0 Å². The van der Waals surface area contributed by atoms with E-state index in [1.807, 2.05) is 67.6 Å². The first-order chi connectivity index (χ1) is 23.8. The van der Waals surface area contributed by atoms with E-state index in [-0.39, 0.29) is 11.5 Å². The molecule has 0 atom stereocenters. The van der Waals surface area contributed by atoms with Gasteiger partial charge in [-0.15, -0.1) is 11.3 Å². The van der Waals surface area contributed by atoms with Crippen molar-refractivity contribution in [1.29, 1.82) is 0 Å². The van der Waals surface area contributed by atoms with E-state index in [9.17, 15) is 15.3 Å². The minimum Gasteiger partial charge on any atom is -0.504 e. The first-order valence-corrected chi connectivity index (χ1v) is 16.9. The second kappa shape index (κ2) is 14.1. The second-order valence-electron chi connectivity index (χ2n) is 11.9. The third-order valence-electron chi connectivity index (χ3n) is 8.85. The van der Waals surface area contributed by atoms with Gasteiger partial charge in [0.15, 0.2) is 11.5 Å². The van der Waals surface area contributed by atoms with Crippen LogP contribution in [0, 0.1) is 13.8 Å². The van der Waals surface area contributed by atoms with Crippen LogP contribution < -0.4 is 0 Å². The molecule has 5 aromatic rings. The summed E-state index contributed by atoms with van der Waals surface area (Å²) in [5.41, 5.74) is 8.96. The minimum atomic E-state index is -0.549. The van der Waals surface area contributed by atoms with Crippen molar-refractivity contribution in [3.8, 4) is 28.4 Å². The molecule has 0 saturated carbocycles. The summed E-state index contributed by atoms with van der Waals surface area (Å²) < 4.78 is 0.496. The number of thiophene rings is 1. The standard InChI is InChI=1S/C45H38O3S/c1-6-8-22-34-29(4)38(28(3)26-33(32-20-14-11-15-21-32)27-31-18-12-10-13-19-31)36-24-16-17-25-37(36)39(34)41-40-35(23-9-7-2)30(5)49-45(40)44(48)43(47)42(41)46/h6-18,20-27,46-48H,1-3,19H2,4-5H3/b22-8-,23-9-,31-27-,33-26+.